The van der Waals surface area contributed by atoms with E-state index in [0.717, 1.165) is 24.9 Å². The number of aryl methyl sites for hydroxylation is 1. The molecule has 0 saturated heterocycles. The Balaban J connectivity index is 0.000000874. The zero-order valence-electron chi connectivity index (χ0n) is 30.7. The molecule has 1 unspecified atom stereocenters. The molecule has 1 aliphatic heterocycles. The zero-order valence-corrected chi connectivity index (χ0v) is 30.7. The second-order valence-electron chi connectivity index (χ2n) is 15.2. The molecule has 6 aromatic rings. The molecule has 0 radical (unpaired) electrons. The van der Waals surface area contributed by atoms with E-state index in [-0.39, 0.29) is 5.41 Å². The molecule has 53 heavy (non-hydrogen) atoms. The topological polar surface area (TPSA) is 24.4 Å². The Labute approximate surface area is 313 Å². The first-order valence-corrected chi connectivity index (χ1v) is 19.0. The number of allylic oxidation sites excluding steroid dienone is 8. The van der Waals surface area contributed by atoms with E-state index in [1.165, 1.54) is 82.9 Å². The van der Waals surface area contributed by atoms with Crippen LogP contribution in [0.2, 0.25) is 0 Å². The van der Waals surface area contributed by atoms with Crippen LogP contribution in [0.4, 0.5) is 5.69 Å². The van der Waals surface area contributed by atoms with Gasteiger partial charge in [-0.3, -0.25) is 4.99 Å². The highest BCUT2D eigenvalue weighted by Crippen LogP contribution is 2.55. The summed E-state index contributed by atoms with van der Waals surface area (Å²) in [4.78, 5) is 3.61. The molecule has 258 valence electrons. The van der Waals surface area contributed by atoms with Gasteiger partial charge in [-0.25, -0.2) is 0 Å². The van der Waals surface area contributed by atoms with Gasteiger partial charge in [-0.1, -0.05) is 147 Å². The Hall–Kier alpha value is -5.99. The van der Waals surface area contributed by atoms with E-state index in [4.69, 9.17) is 0 Å². The van der Waals surface area contributed by atoms with E-state index in [1.807, 2.05) is 6.08 Å². The maximum atomic E-state index is 3.72. The molecule has 1 atom stereocenters. The SMILES string of the molecule is C1=CN=C1.Cc1cccc(-c2cc(C3=CCC(c4ccc5c(c4)C(C)(C)c4c-5c5ccccc5c5ccccc45)C=C3)ccc2NC2=CCCC=C2)c1. The van der Waals surface area contributed by atoms with Crippen LogP contribution in [0.5, 0.6) is 0 Å². The van der Waals surface area contributed by atoms with Crippen LogP contribution in [0.3, 0.4) is 0 Å². The summed E-state index contributed by atoms with van der Waals surface area (Å²) in [5.74, 6) is 0.351. The van der Waals surface area contributed by atoms with Gasteiger partial charge in [0.15, 0.2) is 0 Å². The number of hydrogen-bond acceptors (Lipinski definition) is 2. The van der Waals surface area contributed by atoms with Crippen LogP contribution < -0.4 is 5.32 Å². The molecule has 3 aliphatic carbocycles. The molecular formula is C51H44N2. The van der Waals surface area contributed by atoms with Crippen molar-refractivity contribution in [1.82, 2.24) is 0 Å². The van der Waals surface area contributed by atoms with Crippen LogP contribution in [0.1, 0.15) is 66.8 Å². The molecule has 10 rings (SSSR count). The second-order valence-corrected chi connectivity index (χ2v) is 15.2. The van der Waals surface area contributed by atoms with Crippen molar-refractivity contribution < 1.29 is 0 Å². The van der Waals surface area contributed by atoms with Crippen molar-refractivity contribution in [2.45, 2.75) is 51.4 Å². The number of fused-ring (bicyclic) bond motifs is 8. The van der Waals surface area contributed by atoms with Gasteiger partial charge in [0.25, 0.3) is 0 Å². The number of nitrogens with zero attached hydrogens (tertiary/aromatic N) is 1. The fourth-order valence-corrected chi connectivity index (χ4v) is 8.65. The van der Waals surface area contributed by atoms with Gasteiger partial charge in [0.1, 0.15) is 0 Å². The summed E-state index contributed by atoms with van der Waals surface area (Å²) < 4.78 is 0. The van der Waals surface area contributed by atoms with E-state index < -0.39 is 0 Å². The van der Waals surface area contributed by atoms with Gasteiger partial charge in [0.05, 0.1) is 0 Å². The molecule has 4 aliphatic rings. The monoisotopic (exact) mass is 684 g/mol. The van der Waals surface area contributed by atoms with Gasteiger partial charge >= 0.3 is 0 Å². The molecule has 0 spiro atoms. The van der Waals surface area contributed by atoms with Crippen LogP contribution in [0, 0.1) is 6.92 Å². The van der Waals surface area contributed by atoms with E-state index in [1.54, 1.807) is 12.4 Å². The fraction of sp³-hybridized carbons (Fsp3) is 0.157. The van der Waals surface area contributed by atoms with Gasteiger partial charge in [-0.2, -0.15) is 0 Å². The quantitative estimate of drug-likeness (QED) is 0.180. The molecule has 0 amide bonds. The Kier molecular flexibility index (Phi) is 8.39. The maximum absolute atomic E-state index is 3.72. The molecule has 1 N–H and O–H groups in total. The minimum Gasteiger partial charge on any atom is -0.355 e. The molecule has 1 heterocycles. The van der Waals surface area contributed by atoms with E-state index in [9.17, 15) is 0 Å². The van der Waals surface area contributed by atoms with Crippen LogP contribution >= 0.6 is 0 Å². The first kappa shape index (κ1) is 32.9. The van der Waals surface area contributed by atoms with Gasteiger partial charge in [-0.15, -0.1) is 0 Å². The molecule has 0 fully saturated rings. The number of anilines is 1. The fourth-order valence-electron chi connectivity index (χ4n) is 8.65. The number of aliphatic imine (C=N–C) groups is 1. The number of rotatable bonds is 5. The third-order valence-electron chi connectivity index (χ3n) is 11.4. The molecular weight excluding hydrogens is 641 g/mol. The normalized spacial score (nSPS) is 17.4. The highest BCUT2D eigenvalue weighted by Gasteiger charge is 2.38. The Bertz CT molecular complexity index is 2590. The molecule has 2 heteroatoms. The van der Waals surface area contributed by atoms with Gasteiger partial charge in [-0.05, 0) is 117 Å². The predicted molar refractivity (Wildman–Crippen MR) is 228 cm³/mol. The minimum absolute atomic E-state index is 0.0882. The predicted octanol–water partition coefficient (Wildman–Crippen LogP) is 13.6. The first-order valence-electron chi connectivity index (χ1n) is 19.0. The third kappa shape index (κ3) is 5.99. The summed E-state index contributed by atoms with van der Waals surface area (Å²) >= 11 is 0. The lowest BCUT2D eigenvalue weighted by molar-refractivity contribution is 0.664. The van der Waals surface area contributed by atoms with Crippen molar-refractivity contribution >= 4 is 39.0 Å². The molecule has 0 saturated carbocycles. The summed E-state index contributed by atoms with van der Waals surface area (Å²) in [5.41, 5.74) is 15.6. The van der Waals surface area contributed by atoms with Crippen LogP contribution in [-0.2, 0) is 5.41 Å². The second kappa shape index (κ2) is 13.5. The van der Waals surface area contributed by atoms with Crippen molar-refractivity contribution in [2.24, 2.45) is 4.99 Å². The highest BCUT2D eigenvalue weighted by molar-refractivity contribution is 6.18. The van der Waals surface area contributed by atoms with Crippen LogP contribution in [0.25, 0.3) is 49.4 Å². The lowest BCUT2D eigenvalue weighted by atomic mass is 9.78. The van der Waals surface area contributed by atoms with Gasteiger partial charge in [0, 0.05) is 40.7 Å². The Morgan fingerprint density at radius 3 is 2.15 bits per heavy atom. The van der Waals surface area contributed by atoms with E-state index in [2.05, 4.69) is 177 Å². The lowest BCUT2D eigenvalue weighted by Gasteiger charge is -2.25. The highest BCUT2D eigenvalue weighted by atomic mass is 14.9. The zero-order chi connectivity index (χ0) is 35.9. The Morgan fingerprint density at radius 2 is 1.45 bits per heavy atom. The number of hydrogen-bond donors (Lipinski definition) is 1. The summed E-state index contributed by atoms with van der Waals surface area (Å²) in [6.45, 7) is 7.01. The third-order valence-corrected chi connectivity index (χ3v) is 11.4. The van der Waals surface area contributed by atoms with Crippen molar-refractivity contribution in [3.63, 3.8) is 0 Å². The van der Waals surface area contributed by atoms with E-state index >= 15 is 0 Å². The standard InChI is InChI=1S/C48H41N.C3H3N/c1-31-12-11-13-36(28-31)43-29-34(25-27-45(43)49-37-14-5-4-6-15-37)32-20-22-33(23-21-32)35-24-26-42-44(30-35)48(2,3)47-41-19-10-8-17-39(41)38-16-7-9-18-40(38)46(42)47;1-2-4-3-1/h5,7-22,24-30,33,49H,4,6,23H2,1-3H3;1-3H. The summed E-state index contributed by atoms with van der Waals surface area (Å²) in [5, 5.41) is 9.15. The Morgan fingerprint density at radius 1 is 0.698 bits per heavy atom. The maximum Gasteiger partial charge on any atom is 0.0464 e. The van der Waals surface area contributed by atoms with Crippen LogP contribution in [-0.4, -0.2) is 6.21 Å². The smallest absolute Gasteiger partial charge is 0.0464 e. The summed E-state index contributed by atoms with van der Waals surface area (Å²) in [6.07, 6.45) is 22.5. The number of nitrogens with one attached hydrogen (secondary N) is 1. The summed E-state index contributed by atoms with van der Waals surface area (Å²) in [6, 6.07) is 41.0. The van der Waals surface area contributed by atoms with Gasteiger partial charge < -0.3 is 5.32 Å². The molecule has 2 nitrogen and oxygen atoms in total. The average Bonchev–Trinajstić information content (AvgIpc) is 3.41. The largest absolute Gasteiger partial charge is 0.355 e. The molecule has 6 aromatic carbocycles. The minimum atomic E-state index is -0.0882. The lowest BCUT2D eigenvalue weighted by Crippen LogP contribution is -2.16. The van der Waals surface area contributed by atoms with Crippen LogP contribution in [0.15, 0.2) is 169 Å². The van der Waals surface area contributed by atoms with Crippen molar-refractivity contribution in [3.05, 3.63) is 191 Å². The molecule has 0 bridgehead atoms. The van der Waals surface area contributed by atoms with Crippen molar-refractivity contribution in [3.8, 4) is 22.3 Å². The average molecular weight is 685 g/mol. The first-order chi connectivity index (χ1) is 26.0. The number of benzene rings is 6. The van der Waals surface area contributed by atoms with E-state index in [0.29, 0.717) is 5.92 Å². The van der Waals surface area contributed by atoms with Crippen molar-refractivity contribution in [1.29, 1.82) is 0 Å². The van der Waals surface area contributed by atoms with Gasteiger partial charge in [0.2, 0.25) is 0 Å². The van der Waals surface area contributed by atoms with Crippen molar-refractivity contribution in [2.75, 3.05) is 5.32 Å². The summed E-state index contributed by atoms with van der Waals surface area (Å²) in [7, 11) is 0. The molecule has 0 aromatic heterocycles.